The summed E-state index contributed by atoms with van der Waals surface area (Å²) in [6, 6.07) is 11.8. The van der Waals surface area contributed by atoms with Gasteiger partial charge in [-0.15, -0.1) is 0 Å². The Labute approximate surface area is 159 Å². The standard InChI is InChI=1S/C19H23FN2O4S/c1-14-8-10-16(11-9-14)26-13-12-21-19(23)15(2)22(27(3,24)25)18-7-5-4-6-17(18)20/h4-11,15H,12-13H2,1-3H3,(H,21,23)/t15-/m1/s1. The third-order valence-electron chi connectivity index (χ3n) is 3.87. The van der Waals surface area contributed by atoms with Gasteiger partial charge >= 0.3 is 0 Å². The summed E-state index contributed by atoms with van der Waals surface area (Å²) in [7, 11) is -3.86. The van der Waals surface area contributed by atoms with Crippen LogP contribution in [-0.4, -0.2) is 39.8 Å². The van der Waals surface area contributed by atoms with Crippen molar-refractivity contribution in [2.75, 3.05) is 23.7 Å². The van der Waals surface area contributed by atoms with Gasteiger partial charge in [0.1, 0.15) is 24.2 Å². The Morgan fingerprint density at radius 2 is 1.81 bits per heavy atom. The first-order valence-electron chi connectivity index (χ1n) is 8.41. The molecule has 0 aliphatic rings. The minimum absolute atomic E-state index is 0.168. The van der Waals surface area contributed by atoms with E-state index in [-0.39, 0.29) is 18.8 Å². The summed E-state index contributed by atoms with van der Waals surface area (Å²) < 4.78 is 44.6. The van der Waals surface area contributed by atoms with Gasteiger partial charge in [-0.3, -0.25) is 9.10 Å². The average molecular weight is 394 g/mol. The second-order valence-corrected chi connectivity index (χ2v) is 8.00. The SMILES string of the molecule is Cc1ccc(OCCNC(=O)[C@@H](C)N(c2ccccc2F)S(C)(=O)=O)cc1. The van der Waals surface area contributed by atoms with Crippen LogP contribution in [0.2, 0.25) is 0 Å². The summed E-state index contributed by atoms with van der Waals surface area (Å²) in [4.78, 5) is 12.4. The fourth-order valence-electron chi connectivity index (χ4n) is 2.54. The highest BCUT2D eigenvalue weighted by Gasteiger charge is 2.30. The molecule has 0 spiro atoms. The van der Waals surface area contributed by atoms with Gasteiger partial charge in [0.25, 0.3) is 0 Å². The number of ether oxygens (including phenoxy) is 1. The molecule has 6 nitrogen and oxygen atoms in total. The molecule has 0 aromatic heterocycles. The van der Waals surface area contributed by atoms with Crippen molar-refractivity contribution in [1.82, 2.24) is 5.32 Å². The number of anilines is 1. The lowest BCUT2D eigenvalue weighted by molar-refractivity contribution is -0.121. The van der Waals surface area contributed by atoms with Crippen LogP contribution < -0.4 is 14.4 Å². The number of para-hydroxylation sites is 1. The van der Waals surface area contributed by atoms with Gasteiger partial charge in [-0.05, 0) is 38.1 Å². The summed E-state index contributed by atoms with van der Waals surface area (Å²) >= 11 is 0. The van der Waals surface area contributed by atoms with Crippen LogP contribution in [0.25, 0.3) is 0 Å². The third kappa shape index (κ3) is 5.68. The third-order valence-corrected chi connectivity index (χ3v) is 5.10. The van der Waals surface area contributed by atoms with Crippen molar-refractivity contribution in [3.05, 3.63) is 59.9 Å². The highest BCUT2D eigenvalue weighted by molar-refractivity contribution is 7.92. The molecule has 1 atom stereocenters. The van der Waals surface area contributed by atoms with Crippen molar-refractivity contribution in [3.63, 3.8) is 0 Å². The van der Waals surface area contributed by atoms with Crippen LogP contribution in [0, 0.1) is 12.7 Å². The lowest BCUT2D eigenvalue weighted by atomic mass is 10.2. The van der Waals surface area contributed by atoms with Crippen molar-refractivity contribution >= 4 is 21.6 Å². The molecule has 1 amide bonds. The lowest BCUT2D eigenvalue weighted by Gasteiger charge is -2.28. The van der Waals surface area contributed by atoms with Crippen LogP contribution in [0.4, 0.5) is 10.1 Å². The minimum atomic E-state index is -3.86. The molecule has 27 heavy (non-hydrogen) atoms. The number of benzene rings is 2. The molecule has 2 rings (SSSR count). The normalized spacial score (nSPS) is 12.3. The quantitative estimate of drug-likeness (QED) is 0.698. The molecular weight excluding hydrogens is 371 g/mol. The van der Waals surface area contributed by atoms with Gasteiger partial charge in [0.05, 0.1) is 18.5 Å². The first kappa shape index (κ1) is 20.7. The van der Waals surface area contributed by atoms with E-state index in [1.165, 1.54) is 25.1 Å². The van der Waals surface area contributed by atoms with Crippen LogP contribution in [0.5, 0.6) is 5.75 Å². The summed E-state index contributed by atoms with van der Waals surface area (Å²) in [5.41, 5.74) is 0.942. The number of amides is 1. The van der Waals surface area contributed by atoms with Gasteiger partial charge in [-0.1, -0.05) is 29.8 Å². The predicted octanol–water partition coefficient (Wildman–Crippen LogP) is 2.48. The van der Waals surface area contributed by atoms with E-state index in [0.29, 0.717) is 5.75 Å². The number of nitrogens with one attached hydrogen (secondary N) is 1. The van der Waals surface area contributed by atoms with E-state index < -0.39 is 27.8 Å². The Kier molecular flexibility index (Phi) is 6.79. The molecule has 0 fully saturated rings. The second-order valence-electron chi connectivity index (χ2n) is 6.14. The van der Waals surface area contributed by atoms with Gasteiger partial charge in [0.2, 0.25) is 15.9 Å². The lowest BCUT2D eigenvalue weighted by Crippen LogP contribution is -2.48. The molecule has 0 heterocycles. The molecule has 0 radical (unpaired) electrons. The van der Waals surface area contributed by atoms with E-state index in [9.17, 15) is 17.6 Å². The second kappa shape index (κ2) is 8.85. The maximum atomic E-state index is 14.1. The fourth-order valence-corrected chi connectivity index (χ4v) is 3.71. The van der Waals surface area contributed by atoms with Gasteiger partial charge < -0.3 is 10.1 Å². The maximum Gasteiger partial charge on any atom is 0.243 e. The number of carbonyl (C=O) groups excluding carboxylic acids is 1. The monoisotopic (exact) mass is 394 g/mol. The number of carbonyl (C=O) groups is 1. The van der Waals surface area contributed by atoms with Crippen molar-refractivity contribution < 1.29 is 22.3 Å². The smallest absolute Gasteiger partial charge is 0.243 e. The number of aryl methyl sites for hydroxylation is 1. The minimum Gasteiger partial charge on any atom is -0.492 e. The van der Waals surface area contributed by atoms with Crippen LogP contribution >= 0.6 is 0 Å². The van der Waals surface area contributed by atoms with Gasteiger partial charge in [-0.25, -0.2) is 12.8 Å². The van der Waals surface area contributed by atoms with Crippen LogP contribution in [0.15, 0.2) is 48.5 Å². The van der Waals surface area contributed by atoms with Crippen molar-refractivity contribution in [3.8, 4) is 5.75 Å². The first-order chi connectivity index (χ1) is 12.7. The average Bonchev–Trinajstić information content (AvgIpc) is 2.60. The summed E-state index contributed by atoms with van der Waals surface area (Å²) in [6.45, 7) is 3.78. The van der Waals surface area contributed by atoms with Crippen LogP contribution in [0.3, 0.4) is 0 Å². The van der Waals surface area contributed by atoms with Crippen LogP contribution in [-0.2, 0) is 14.8 Å². The van der Waals surface area contributed by atoms with E-state index in [1.807, 2.05) is 31.2 Å². The zero-order chi connectivity index (χ0) is 20.0. The molecule has 0 saturated carbocycles. The first-order valence-corrected chi connectivity index (χ1v) is 10.3. The number of hydrogen-bond donors (Lipinski definition) is 1. The Hall–Kier alpha value is -2.61. The van der Waals surface area contributed by atoms with Crippen molar-refractivity contribution in [2.24, 2.45) is 0 Å². The Balaban J connectivity index is 1.99. The Bertz CT molecular complexity index is 885. The van der Waals surface area contributed by atoms with E-state index >= 15 is 0 Å². The molecule has 0 aliphatic carbocycles. The zero-order valence-electron chi connectivity index (χ0n) is 15.5. The van der Waals surface area contributed by atoms with Gasteiger partial charge in [0.15, 0.2) is 0 Å². The van der Waals surface area contributed by atoms with Crippen LogP contribution in [0.1, 0.15) is 12.5 Å². The summed E-state index contributed by atoms with van der Waals surface area (Å²) in [5, 5.41) is 2.61. The molecule has 1 N–H and O–H groups in total. The highest BCUT2D eigenvalue weighted by atomic mass is 32.2. The topological polar surface area (TPSA) is 75.7 Å². The molecule has 2 aromatic carbocycles. The number of nitrogens with zero attached hydrogens (tertiary/aromatic N) is 1. The number of hydrogen-bond acceptors (Lipinski definition) is 4. The van der Waals surface area contributed by atoms with Crippen molar-refractivity contribution in [1.29, 1.82) is 0 Å². The fraction of sp³-hybridized carbons (Fsp3) is 0.316. The number of rotatable bonds is 8. The molecular formula is C19H23FN2O4S. The van der Waals surface area contributed by atoms with Gasteiger partial charge in [-0.2, -0.15) is 0 Å². The number of sulfonamides is 1. The Morgan fingerprint density at radius 3 is 2.41 bits per heavy atom. The maximum absolute atomic E-state index is 14.1. The van der Waals surface area contributed by atoms with Crippen molar-refractivity contribution in [2.45, 2.75) is 19.9 Å². The predicted molar refractivity (Wildman–Crippen MR) is 103 cm³/mol. The summed E-state index contributed by atoms with van der Waals surface area (Å²) in [5.74, 6) is -0.589. The summed E-state index contributed by atoms with van der Waals surface area (Å²) in [6.07, 6.45) is 0.934. The largest absolute Gasteiger partial charge is 0.492 e. The molecule has 0 aliphatic heterocycles. The molecule has 0 saturated heterocycles. The van der Waals surface area contributed by atoms with Gasteiger partial charge in [0, 0.05) is 0 Å². The zero-order valence-corrected chi connectivity index (χ0v) is 16.3. The molecule has 0 unspecified atom stereocenters. The van der Waals surface area contributed by atoms with E-state index in [2.05, 4.69) is 5.32 Å². The van der Waals surface area contributed by atoms with E-state index in [0.717, 1.165) is 22.2 Å². The Morgan fingerprint density at radius 1 is 1.19 bits per heavy atom. The molecule has 2 aromatic rings. The van der Waals surface area contributed by atoms with E-state index in [4.69, 9.17) is 4.74 Å². The highest BCUT2D eigenvalue weighted by Crippen LogP contribution is 2.24. The number of halogens is 1. The molecule has 146 valence electrons. The molecule has 8 heteroatoms. The molecule has 0 bridgehead atoms. The van der Waals surface area contributed by atoms with E-state index in [1.54, 1.807) is 0 Å².